The molecule has 0 heterocycles. The van der Waals surface area contributed by atoms with E-state index in [9.17, 15) is 9.59 Å². The number of nitriles is 1. The van der Waals surface area contributed by atoms with Crippen LogP contribution >= 0.6 is 0 Å². The zero-order chi connectivity index (χ0) is 21.6. The molecule has 0 aromatic heterocycles. The number of nitrogens with two attached hydrogens (primary N) is 1. The molecule has 1 aromatic rings. The molecule has 0 radical (unpaired) electrons. The number of carbonyl (C=O) groups excluding carboxylic acids is 2. The minimum Gasteiger partial charge on any atom is -0.489 e. The Morgan fingerprint density at radius 3 is 2.07 bits per heavy atom. The maximum atomic E-state index is 12.9. The zero-order valence-corrected chi connectivity index (χ0v) is 17.7. The van der Waals surface area contributed by atoms with Gasteiger partial charge in [-0.25, -0.2) is 9.69 Å². The van der Waals surface area contributed by atoms with Crippen LogP contribution in [0.15, 0.2) is 24.3 Å². The third-order valence-corrected chi connectivity index (χ3v) is 4.22. The second-order valence-corrected chi connectivity index (χ2v) is 8.16. The van der Waals surface area contributed by atoms with E-state index in [-0.39, 0.29) is 5.92 Å². The number of ether oxygens (including phenoxy) is 2. The average Bonchev–Trinajstić information content (AvgIpc) is 2.59. The molecule has 0 saturated heterocycles. The highest BCUT2D eigenvalue weighted by atomic mass is 16.6. The van der Waals surface area contributed by atoms with Crippen LogP contribution in [0.3, 0.4) is 0 Å². The molecular formula is C21H31N3O4. The summed E-state index contributed by atoms with van der Waals surface area (Å²) in [6.07, 6.45) is -1.28. The van der Waals surface area contributed by atoms with Crippen molar-refractivity contribution in [1.82, 2.24) is 4.90 Å². The Bertz CT molecular complexity index is 717. The first-order valence-electron chi connectivity index (χ1n) is 9.35. The van der Waals surface area contributed by atoms with Crippen LogP contribution in [0.25, 0.3) is 0 Å². The topological polar surface area (TPSA) is 106 Å². The molecule has 0 fully saturated rings. The van der Waals surface area contributed by atoms with Gasteiger partial charge in [0.15, 0.2) is 0 Å². The van der Waals surface area contributed by atoms with Crippen molar-refractivity contribution in [3.8, 4) is 11.8 Å². The second-order valence-electron chi connectivity index (χ2n) is 8.16. The summed E-state index contributed by atoms with van der Waals surface area (Å²) in [4.78, 5) is 26.7. The zero-order valence-electron chi connectivity index (χ0n) is 17.7. The number of nitrogens with zero attached hydrogens (tertiary/aromatic N) is 2. The molecule has 0 saturated carbocycles. The van der Waals surface area contributed by atoms with Crippen molar-refractivity contribution < 1.29 is 19.1 Å². The standard InChI is InChI=1S/C21H31N3O4/c1-13(2)18(23)19(25)24(20(26)28-21(5,6)7)14(3)15(4)27-17-10-8-16(12-22)9-11-17/h8-11,13-15,18H,23H2,1-7H3/t14?,15?,18-/m0/s1. The minimum atomic E-state index is -0.836. The highest BCUT2D eigenvalue weighted by Crippen LogP contribution is 2.20. The molecule has 0 aliphatic rings. The lowest BCUT2D eigenvalue weighted by molar-refractivity contribution is -0.136. The second kappa shape index (κ2) is 9.56. The van der Waals surface area contributed by atoms with Gasteiger partial charge in [-0.15, -0.1) is 0 Å². The first kappa shape index (κ1) is 23.4. The predicted molar refractivity (Wildman–Crippen MR) is 107 cm³/mol. The largest absolute Gasteiger partial charge is 0.489 e. The van der Waals surface area contributed by atoms with Gasteiger partial charge in [0.1, 0.15) is 17.5 Å². The van der Waals surface area contributed by atoms with Crippen molar-refractivity contribution in [2.24, 2.45) is 11.7 Å². The van der Waals surface area contributed by atoms with Gasteiger partial charge in [0.25, 0.3) is 0 Å². The van der Waals surface area contributed by atoms with E-state index >= 15 is 0 Å². The summed E-state index contributed by atoms with van der Waals surface area (Å²) in [5.41, 5.74) is 5.77. The summed E-state index contributed by atoms with van der Waals surface area (Å²) in [5, 5.41) is 8.88. The lowest BCUT2D eigenvalue weighted by Gasteiger charge is -2.35. The first-order chi connectivity index (χ1) is 12.9. The van der Waals surface area contributed by atoms with Crippen LogP contribution in [0.4, 0.5) is 4.79 Å². The maximum absolute atomic E-state index is 12.9. The van der Waals surface area contributed by atoms with Crippen LogP contribution in [0.2, 0.25) is 0 Å². The van der Waals surface area contributed by atoms with Crippen molar-refractivity contribution in [3.05, 3.63) is 29.8 Å². The Labute approximate surface area is 167 Å². The fourth-order valence-electron chi connectivity index (χ4n) is 2.34. The summed E-state index contributed by atoms with van der Waals surface area (Å²) in [6.45, 7) is 12.3. The SMILES string of the molecule is CC(Oc1ccc(C#N)cc1)C(C)N(C(=O)OC(C)(C)C)C(=O)[C@@H](N)C(C)C. The quantitative estimate of drug-likeness (QED) is 0.799. The van der Waals surface area contributed by atoms with E-state index in [1.165, 1.54) is 0 Å². The minimum absolute atomic E-state index is 0.139. The summed E-state index contributed by atoms with van der Waals surface area (Å²) in [5.74, 6) is -0.116. The van der Waals surface area contributed by atoms with Crippen LogP contribution in [0.1, 0.15) is 54.0 Å². The van der Waals surface area contributed by atoms with E-state index in [2.05, 4.69) is 0 Å². The van der Waals surface area contributed by atoms with Gasteiger partial charge in [0.05, 0.1) is 23.7 Å². The highest BCUT2D eigenvalue weighted by Gasteiger charge is 2.37. The number of hydrogen-bond donors (Lipinski definition) is 1. The summed E-state index contributed by atoms with van der Waals surface area (Å²) >= 11 is 0. The van der Waals surface area contributed by atoms with Crippen molar-refractivity contribution in [2.45, 2.75) is 72.3 Å². The average molecular weight is 389 g/mol. The molecule has 0 bridgehead atoms. The number of benzene rings is 1. The highest BCUT2D eigenvalue weighted by molar-refractivity contribution is 5.95. The molecule has 7 nitrogen and oxygen atoms in total. The molecule has 1 rings (SSSR count). The van der Waals surface area contributed by atoms with E-state index < -0.39 is 35.8 Å². The number of hydrogen-bond acceptors (Lipinski definition) is 6. The Hall–Kier alpha value is -2.59. The lowest BCUT2D eigenvalue weighted by Crippen LogP contribution is -2.56. The molecule has 7 heteroatoms. The molecule has 1 aromatic carbocycles. The van der Waals surface area contributed by atoms with Gasteiger partial charge >= 0.3 is 6.09 Å². The lowest BCUT2D eigenvalue weighted by atomic mass is 10.0. The number of amides is 2. The first-order valence-corrected chi connectivity index (χ1v) is 9.35. The third kappa shape index (κ3) is 6.54. The van der Waals surface area contributed by atoms with Crippen LogP contribution in [-0.2, 0) is 9.53 Å². The summed E-state index contributed by atoms with van der Waals surface area (Å²) in [7, 11) is 0. The van der Waals surface area contributed by atoms with E-state index in [0.717, 1.165) is 4.90 Å². The van der Waals surface area contributed by atoms with Gasteiger partial charge in [-0.2, -0.15) is 5.26 Å². The van der Waals surface area contributed by atoms with Gasteiger partial charge in [-0.1, -0.05) is 13.8 Å². The van der Waals surface area contributed by atoms with Gasteiger partial charge in [0.2, 0.25) is 5.91 Å². The molecule has 2 N–H and O–H groups in total. The van der Waals surface area contributed by atoms with Gasteiger partial charge in [-0.3, -0.25) is 4.79 Å². The fourth-order valence-corrected chi connectivity index (χ4v) is 2.34. The molecule has 2 amide bonds. The van der Waals surface area contributed by atoms with Crippen LogP contribution in [0.5, 0.6) is 5.75 Å². The smallest absolute Gasteiger partial charge is 0.417 e. The molecular weight excluding hydrogens is 358 g/mol. The van der Waals surface area contributed by atoms with Crippen LogP contribution < -0.4 is 10.5 Å². The Morgan fingerprint density at radius 2 is 1.64 bits per heavy atom. The summed E-state index contributed by atoms with van der Waals surface area (Å²) < 4.78 is 11.3. The molecule has 0 spiro atoms. The third-order valence-electron chi connectivity index (χ3n) is 4.22. The summed E-state index contributed by atoms with van der Waals surface area (Å²) in [6, 6.07) is 7.19. The van der Waals surface area contributed by atoms with E-state index in [1.807, 2.05) is 19.9 Å². The number of imide groups is 1. The molecule has 154 valence electrons. The van der Waals surface area contributed by atoms with Crippen molar-refractivity contribution in [2.75, 3.05) is 0 Å². The molecule has 28 heavy (non-hydrogen) atoms. The maximum Gasteiger partial charge on any atom is 0.417 e. The molecule has 2 unspecified atom stereocenters. The molecule has 3 atom stereocenters. The van der Waals surface area contributed by atoms with Crippen molar-refractivity contribution in [1.29, 1.82) is 5.26 Å². The molecule has 0 aliphatic heterocycles. The van der Waals surface area contributed by atoms with Crippen molar-refractivity contribution in [3.63, 3.8) is 0 Å². The van der Waals surface area contributed by atoms with Gasteiger partial charge < -0.3 is 15.2 Å². The fraction of sp³-hybridized carbons (Fsp3) is 0.571. The Balaban J connectivity index is 3.07. The molecule has 0 aliphatic carbocycles. The normalized spacial score (nSPS) is 14.6. The predicted octanol–water partition coefficient (Wildman–Crippen LogP) is 3.46. The Kier molecular flexibility index (Phi) is 8.01. The van der Waals surface area contributed by atoms with Gasteiger partial charge in [0, 0.05) is 0 Å². The van der Waals surface area contributed by atoms with Crippen LogP contribution in [0, 0.1) is 17.2 Å². The van der Waals surface area contributed by atoms with E-state index in [1.54, 1.807) is 58.9 Å². The van der Waals surface area contributed by atoms with Crippen molar-refractivity contribution >= 4 is 12.0 Å². The Morgan fingerprint density at radius 1 is 1.11 bits per heavy atom. The van der Waals surface area contributed by atoms with Gasteiger partial charge in [-0.05, 0) is 64.8 Å². The van der Waals surface area contributed by atoms with E-state index in [4.69, 9.17) is 20.5 Å². The van der Waals surface area contributed by atoms with E-state index in [0.29, 0.717) is 11.3 Å². The monoisotopic (exact) mass is 389 g/mol. The number of carbonyl (C=O) groups is 2. The number of rotatable bonds is 6. The van der Waals surface area contributed by atoms with Crippen LogP contribution in [-0.4, -0.2) is 40.7 Å².